The van der Waals surface area contributed by atoms with E-state index in [1.165, 1.54) is 0 Å². The van der Waals surface area contributed by atoms with Gasteiger partial charge in [-0.05, 0) is 78.4 Å². The molecular formula is C30H43BO7. The number of carbonyl (C=O) groups is 2. The van der Waals surface area contributed by atoms with Crippen LogP contribution >= 0.6 is 0 Å². The molecule has 1 aliphatic heterocycles. The standard InChI is InChI=1S/C30H43BO7/c1-6-18(2)30(34)14-11-25(28(5)19(3)9-12-29(20(30)4)13-10-24(32)27(28)29)38-26(33)17-36-22-8-7-21-16-37-31(35)23(21)15-22/h7-8,15,18-20,25,27,34-35H,6,9-14,16-17H2,1-5H3/t18?,19-,20-,25-,27+,28+,29+,30+/m1/s1. The molecule has 38 heavy (non-hydrogen) atoms. The van der Waals surface area contributed by atoms with Gasteiger partial charge < -0.3 is 24.3 Å². The fraction of sp³-hybridized carbons (Fsp3) is 0.733. The molecule has 1 aromatic carbocycles. The van der Waals surface area contributed by atoms with Crippen LogP contribution in [-0.4, -0.2) is 47.3 Å². The highest BCUT2D eigenvalue weighted by Gasteiger charge is 2.68. The Morgan fingerprint density at radius 2 is 2.00 bits per heavy atom. The minimum atomic E-state index is -0.987. The highest BCUT2D eigenvalue weighted by atomic mass is 16.6. The molecular weight excluding hydrogens is 483 g/mol. The van der Waals surface area contributed by atoms with Gasteiger partial charge in [0.2, 0.25) is 0 Å². The summed E-state index contributed by atoms with van der Waals surface area (Å²) < 4.78 is 17.2. The van der Waals surface area contributed by atoms with Gasteiger partial charge in [-0.25, -0.2) is 4.79 Å². The fourth-order valence-corrected chi connectivity index (χ4v) is 8.69. The number of fused-ring (bicyclic) bond motifs is 1. The van der Waals surface area contributed by atoms with Gasteiger partial charge in [0.15, 0.2) is 6.61 Å². The van der Waals surface area contributed by atoms with Crippen molar-refractivity contribution in [2.24, 2.45) is 34.5 Å². The van der Waals surface area contributed by atoms with Crippen molar-refractivity contribution in [2.75, 3.05) is 6.61 Å². The average molecular weight is 526 g/mol. The van der Waals surface area contributed by atoms with E-state index in [9.17, 15) is 19.7 Å². The first kappa shape index (κ1) is 27.7. The van der Waals surface area contributed by atoms with Crippen LogP contribution in [0.1, 0.15) is 85.1 Å². The quantitative estimate of drug-likeness (QED) is 0.430. The Morgan fingerprint density at radius 3 is 2.74 bits per heavy atom. The largest absolute Gasteiger partial charge is 0.491 e. The number of esters is 1. The topological polar surface area (TPSA) is 102 Å². The predicted molar refractivity (Wildman–Crippen MR) is 144 cm³/mol. The molecule has 3 fully saturated rings. The van der Waals surface area contributed by atoms with E-state index in [2.05, 4.69) is 34.6 Å². The Kier molecular flexibility index (Phi) is 7.23. The molecule has 4 aliphatic rings. The summed E-state index contributed by atoms with van der Waals surface area (Å²) in [5, 5.41) is 22.2. The third kappa shape index (κ3) is 4.13. The molecule has 0 saturated heterocycles. The molecule has 3 saturated carbocycles. The lowest BCUT2D eigenvalue weighted by molar-refractivity contribution is -0.216. The predicted octanol–water partition coefficient (Wildman–Crippen LogP) is 3.80. The third-order valence-corrected chi connectivity index (χ3v) is 11.4. The number of hydrogen-bond donors (Lipinski definition) is 2. The molecule has 0 spiro atoms. The van der Waals surface area contributed by atoms with Gasteiger partial charge in [0.1, 0.15) is 17.6 Å². The Bertz CT molecular complexity index is 1090. The van der Waals surface area contributed by atoms with Gasteiger partial charge in [0.05, 0.1) is 12.2 Å². The number of ketones is 1. The SMILES string of the molecule is CCC(C)[C@@]1(O)CC[C@@H](OC(=O)COc2ccc3c(c2)B(O)OC3)[C@]2(C)[C@H](C)CC[C@]3(CCC(=O)[C@H]32)[C@H]1C. The third-order valence-electron chi connectivity index (χ3n) is 11.4. The van der Waals surface area contributed by atoms with Crippen LogP contribution in [0.3, 0.4) is 0 Å². The first-order chi connectivity index (χ1) is 18.0. The smallest absolute Gasteiger partial charge is 0.482 e. The summed E-state index contributed by atoms with van der Waals surface area (Å²) in [5.41, 5.74) is -0.149. The van der Waals surface area contributed by atoms with E-state index < -0.39 is 30.2 Å². The highest BCUT2D eigenvalue weighted by Crippen LogP contribution is 2.68. The Balaban J connectivity index is 1.41. The van der Waals surface area contributed by atoms with Gasteiger partial charge in [-0.1, -0.05) is 47.1 Å². The molecule has 1 aromatic rings. The zero-order valence-corrected chi connectivity index (χ0v) is 23.5. The van der Waals surface area contributed by atoms with Crippen LogP contribution in [0.15, 0.2) is 18.2 Å². The summed E-state index contributed by atoms with van der Waals surface area (Å²) in [7, 11) is -0.987. The van der Waals surface area contributed by atoms with E-state index in [1.54, 1.807) is 12.1 Å². The number of aliphatic hydroxyl groups is 1. The molecule has 7 nitrogen and oxygen atoms in total. The minimum Gasteiger partial charge on any atom is -0.482 e. The monoisotopic (exact) mass is 526 g/mol. The van der Waals surface area contributed by atoms with Crippen molar-refractivity contribution in [1.82, 2.24) is 0 Å². The number of ether oxygens (including phenoxy) is 2. The van der Waals surface area contributed by atoms with E-state index in [-0.39, 0.29) is 41.5 Å². The van der Waals surface area contributed by atoms with Crippen molar-refractivity contribution >= 4 is 24.3 Å². The van der Waals surface area contributed by atoms with Gasteiger partial charge in [0.25, 0.3) is 0 Å². The van der Waals surface area contributed by atoms with Crippen molar-refractivity contribution in [3.05, 3.63) is 23.8 Å². The molecule has 0 radical (unpaired) electrons. The lowest BCUT2D eigenvalue weighted by atomic mass is 9.43. The number of carbonyl (C=O) groups excluding carboxylic acids is 2. The van der Waals surface area contributed by atoms with Crippen LogP contribution in [0.2, 0.25) is 0 Å². The van der Waals surface area contributed by atoms with Crippen LogP contribution in [0.5, 0.6) is 5.75 Å². The first-order valence-corrected chi connectivity index (χ1v) is 14.5. The molecule has 2 bridgehead atoms. The maximum Gasteiger partial charge on any atom is 0.491 e. The summed E-state index contributed by atoms with van der Waals surface area (Å²) in [4.78, 5) is 26.8. The van der Waals surface area contributed by atoms with Gasteiger partial charge in [-0.2, -0.15) is 0 Å². The summed E-state index contributed by atoms with van der Waals surface area (Å²) >= 11 is 0. The van der Waals surface area contributed by atoms with Crippen molar-refractivity contribution in [3.8, 4) is 5.75 Å². The lowest BCUT2D eigenvalue weighted by Crippen LogP contribution is -2.63. The van der Waals surface area contributed by atoms with Gasteiger partial charge >= 0.3 is 13.1 Å². The van der Waals surface area contributed by atoms with Crippen molar-refractivity contribution in [2.45, 2.75) is 97.9 Å². The maximum absolute atomic E-state index is 13.6. The number of rotatable bonds is 6. The molecule has 8 heteroatoms. The second-order valence-corrected chi connectivity index (χ2v) is 12.8. The first-order valence-electron chi connectivity index (χ1n) is 14.5. The van der Waals surface area contributed by atoms with Crippen molar-refractivity contribution in [3.63, 3.8) is 0 Å². The molecule has 0 aromatic heterocycles. The molecule has 0 amide bonds. The lowest BCUT2D eigenvalue weighted by Gasteiger charge is -2.62. The molecule has 1 unspecified atom stereocenters. The second-order valence-electron chi connectivity index (χ2n) is 12.8. The van der Waals surface area contributed by atoms with E-state index in [1.807, 2.05) is 6.07 Å². The molecule has 3 aliphatic carbocycles. The number of benzene rings is 1. The normalized spacial score (nSPS) is 39.1. The van der Waals surface area contributed by atoms with Crippen LogP contribution < -0.4 is 10.2 Å². The fourth-order valence-electron chi connectivity index (χ4n) is 8.69. The molecule has 1 heterocycles. The summed E-state index contributed by atoms with van der Waals surface area (Å²) in [5.74, 6) is 0.282. The van der Waals surface area contributed by atoms with Crippen molar-refractivity contribution in [1.29, 1.82) is 0 Å². The summed E-state index contributed by atoms with van der Waals surface area (Å²) in [6.45, 7) is 10.8. The van der Waals surface area contributed by atoms with Gasteiger partial charge in [-0.3, -0.25) is 4.79 Å². The van der Waals surface area contributed by atoms with E-state index in [0.717, 1.165) is 31.2 Å². The molecule has 8 atom stereocenters. The van der Waals surface area contributed by atoms with Crippen LogP contribution in [0, 0.1) is 34.5 Å². The van der Waals surface area contributed by atoms with Crippen LogP contribution in [0.25, 0.3) is 0 Å². The van der Waals surface area contributed by atoms with Crippen LogP contribution in [0.4, 0.5) is 0 Å². The summed E-state index contributed by atoms with van der Waals surface area (Å²) in [6, 6.07) is 5.28. The molecule has 2 N–H and O–H groups in total. The number of hydrogen-bond acceptors (Lipinski definition) is 7. The van der Waals surface area contributed by atoms with Crippen molar-refractivity contribution < 1.29 is 33.8 Å². The Morgan fingerprint density at radius 1 is 1.24 bits per heavy atom. The van der Waals surface area contributed by atoms with E-state index >= 15 is 0 Å². The highest BCUT2D eigenvalue weighted by molar-refractivity contribution is 6.61. The zero-order chi connectivity index (χ0) is 27.5. The van der Waals surface area contributed by atoms with Gasteiger partial charge in [-0.15, -0.1) is 0 Å². The Hall–Kier alpha value is -1.90. The van der Waals surface area contributed by atoms with E-state index in [0.29, 0.717) is 37.1 Å². The van der Waals surface area contributed by atoms with E-state index in [4.69, 9.17) is 14.1 Å². The zero-order valence-electron chi connectivity index (χ0n) is 23.5. The molecule has 5 rings (SSSR count). The average Bonchev–Trinajstić information content (AvgIpc) is 3.46. The number of Topliss-reactive ketones (excluding diaryl/α,β-unsaturated/α-hetero) is 1. The second kappa shape index (κ2) is 9.94. The minimum absolute atomic E-state index is 0.00708. The van der Waals surface area contributed by atoms with Crippen LogP contribution in [-0.2, 0) is 25.6 Å². The van der Waals surface area contributed by atoms with Gasteiger partial charge in [0, 0.05) is 17.8 Å². The Labute approximate surface area is 226 Å². The maximum atomic E-state index is 13.6. The molecule has 208 valence electrons. The summed E-state index contributed by atoms with van der Waals surface area (Å²) in [6.07, 6.45) is 4.63.